The molecule has 0 rings (SSSR count). The molecule has 0 nitrogen and oxygen atoms in total. The van der Waals surface area contributed by atoms with E-state index in [0.29, 0.717) is 6.42 Å². The van der Waals surface area contributed by atoms with Gasteiger partial charge >= 0.3 is 0 Å². The molecule has 0 aliphatic heterocycles. The van der Waals surface area contributed by atoms with Crippen LogP contribution in [-0.4, -0.2) is 16.9 Å². The fraction of sp³-hybridized carbons (Fsp3) is 0.714. The van der Waals surface area contributed by atoms with Crippen molar-refractivity contribution in [2.45, 2.75) is 23.5 Å². The van der Waals surface area contributed by atoms with Crippen LogP contribution in [0.4, 0.5) is 4.39 Å². The van der Waals surface area contributed by atoms with Gasteiger partial charge in [0.15, 0.2) is 0 Å². The minimum absolute atomic E-state index is 0.163. The molecule has 0 saturated carbocycles. The van der Waals surface area contributed by atoms with Gasteiger partial charge in [0.25, 0.3) is 0 Å². The Kier molecular flexibility index (Phi) is 6.16. The second-order valence-electron chi connectivity index (χ2n) is 1.89. The van der Waals surface area contributed by atoms with Crippen LogP contribution in [0.5, 0.6) is 0 Å². The first-order valence-corrected chi connectivity index (χ1v) is 4.34. The van der Waals surface area contributed by atoms with Gasteiger partial charge in [0.2, 0.25) is 0 Å². The summed E-state index contributed by atoms with van der Waals surface area (Å²) < 4.78 is 11.7. The van der Waals surface area contributed by atoms with Crippen molar-refractivity contribution < 1.29 is 4.39 Å². The van der Waals surface area contributed by atoms with Gasteiger partial charge in [-0.05, 0) is 6.92 Å². The molecular formula is C7H9BrClF. The van der Waals surface area contributed by atoms with Crippen LogP contribution in [0.15, 0.2) is 0 Å². The topological polar surface area (TPSA) is 0 Å². The van der Waals surface area contributed by atoms with Crippen LogP contribution in [0.25, 0.3) is 0 Å². The second-order valence-corrected chi connectivity index (χ2v) is 3.88. The minimum Gasteiger partial charge on any atom is -0.249 e. The number of alkyl halides is 3. The lowest BCUT2D eigenvalue weighted by Crippen LogP contribution is -1.98. The van der Waals surface area contributed by atoms with Crippen LogP contribution in [-0.2, 0) is 0 Å². The van der Waals surface area contributed by atoms with Gasteiger partial charge in [0, 0.05) is 6.42 Å². The summed E-state index contributed by atoms with van der Waals surface area (Å²) in [6.07, 6.45) is 0.425. The van der Waals surface area contributed by atoms with Crippen LogP contribution < -0.4 is 0 Å². The Morgan fingerprint density at radius 3 is 2.70 bits per heavy atom. The Morgan fingerprint density at radius 2 is 2.30 bits per heavy atom. The fourth-order valence-electron chi connectivity index (χ4n) is 0.365. The van der Waals surface area contributed by atoms with E-state index in [1.165, 1.54) is 0 Å². The lowest BCUT2D eigenvalue weighted by molar-refractivity contribution is 0.482. The maximum atomic E-state index is 11.7. The van der Waals surface area contributed by atoms with E-state index in [2.05, 4.69) is 27.8 Å². The molecule has 0 heterocycles. The van der Waals surface area contributed by atoms with Crippen molar-refractivity contribution in [2.75, 3.05) is 6.67 Å². The highest BCUT2D eigenvalue weighted by atomic mass is 79.9. The summed E-state index contributed by atoms with van der Waals surface area (Å²) in [6.45, 7) is 1.40. The number of hydrogen-bond donors (Lipinski definition) is 0. The van der Waals surface area contributed by atoms with E-state index in [1.54, 1.807) is 0 Å². The first kappa shape index (κ1) is 10.3. The molecule has 0 aliphatic carbocycles. The summed E-state index contributed by atoms with van der Waals surface area (Å²) in [5, 5.41) is -0.446. The first-order valence-electron chi connectivity index (χ1n) is 2.99. The highest BCUT2D eigenvalue weighted by Gasteiger charge is 1.98. The SMILES string of the molecule is CC(Br)C#CC[C@@H](Cl)CF. The zero-order valence-electron chi connectivity index (χ0n) is 5.70. The summed E-state index contributed by atoms with van der Waals surface area (Å²) in [6, 6.07) is 0. The number of halogens is 3. The van der Waals surface area contributed by atoms with Gasteiger partial charge in [-0.2, -0.15) is 0 Å². The van der Waals surface area contributed by atoms with Crippen LogP contribution in [0.1, 0.15) is 13.3 Å². The Hall–Kier alpha value is 0.260. The molecule has 0 N–H and O–H groups in total. The summed E-state index contributed by atoms with van der Waals surface area (Å²) in [7, 11) is 0. The van der Waals surface area contributed by atoms with Crippen molar-refractivity contribution in [2.24, 2.45) is 0 Å². The van der Waals surface area contributed by atoms with Crippen molar-refractivity contribution in [3.05, 3.63) is 0 Å². The molecule has 0 bridgehead atoms. The average molecular weight is 228 g/mol. The smallest absolute Gasteiger partial charge is 0.107 e. The molecule has 0 aromatic carbocycles. The molecule has 1 unspecified atom stereocenters. The van der Waals surface area contributed by atoms with Crippen molar-refractivity contribution in [3.8, 4) is 11.8 Å². The van der Waals surface area contributed by atoms with Gasteiger partial charge in [-0.15, -0.1) is 17.5 Å². The molecule has 2 atom stereocenters. The molecule has 0 radical (unpaired) electrons. The molecule has 0 aromatic rings. The van der Waals surface area contributed by atoms with Crippen LogP contribution in [0.3, 0.4) is 0 Å². The van der Waals surface area contributed by atoms with E-state index in [-0.39, 0.29) is 4.83 Å². The van der Waals surface area contributed by atoms with Gasteiger partial charge < -0.3 is 0 Å². The zero-order valence-corrected chi connectivity index (χ0v) is 8.04. The summed E-state index contributed by atoms with van der Waals surface area (Å²) >= 11 is 8.69. The standard InChI is InChI=1S/C7H9BrClF/c1-6(8)3-2-4-7(9)5-10/h6-7H,4-5H2,1H3/t6?,7-/m1/s1. The molecule has 0 saturated heterocycles. The van der Waals surface area contributed by atoms with E-state index in [9.17, 15) is 4.39 Å². The van der Waals surface area contributed by atoms with E-state index >= 15 is 0 Å². The predicted octanol–water partition coefficient (Wildman–Crippen LogP) is 2.74. The summed E-state index contributed by atoms with van der Waals surface area (Å²) in [5.41, 5.74) is 0. The summed E-state index contributed by atoms with van der Waals surface area (Å²) in [4.78, 5) is 0.163. The normalized spacial score (nSPS) is 15.2. The first-order chi connectivity index (χ1) is 4.66. The number of hydrogen-bond acceptors (Lipinski definition) is 0. The van der Waals surface area contributed by atoms with E-state index in [0.717, 1.165) is 0 Å². The Morgan fingerprint density at radius 1 is 1.70 bits per heavy atom. The van der Waals surface area contributed by atoms with E-state index in [1.807, 2.05) is 6.92 Å². The highest BCUT2D eigenvalue weighted by molar-refractivity contribution is 9.09. The Labute approximate surface area is 74.3 Å². The van der Waals surface area contributed by atoms with Crippen LogP contribution in [0.2, 0.25) is 0 Å². The second kappa shape index (κ2) is 6.00. The molecule has 0 amide bonds. The van der Waals surface area contributed by atoms with Gasteiger partial charge in [-0.25, -0.2) is 4.39 Å². The lowest BCUT2D eigenvalue weighted by atomic mass is 10.3. The van der Waals surface area contributed by atoms with E-state index in [4.69, 9.17) is 11.6 Å². The monoisotopic (exact) mass is 226 g/mol. The van der Waals surface area contributed by atoms with Crippen LogP contribution >= 0.6 is 27.5 Å². The maximum absolute atomic E-state index is 11.7. The Bertz CT molecular complexity index is 136. The predicted molar refractivity (Wildman–Crippen MR) is 46.4 cm³/mol. The van der Waals surface area contributed by atoms with Crippen LogP contribution in [0, 0.1) is 11.8 Å². The average Bonchev–Trinajstić information content (AvgIpc) is 1.87. The third-order valence-corrected chi connectivity index (χ3v) is 1.29. The van der Waals surface area contributed by atoms with Crippen molar-refractivity contribution in [1.29, 1.82) is 0 Å². The zero-order chi connectivity index (χ0) is 7.98. The lowest BCUT2D eigenvalue weighted by Gasteiger charge is -1.94. The summed E-state index contributed by atoms with van der Waals surface area (Å²) in [5.74, 6) is 5.59. The molecule has 0 spiro atoms. The molecule has 0 aliphatic rings. The third kappa shape index (κ3) is 6.38. The molecule has 10 heavy (non-hydrogen) atoms. The van der Waals surface area contributed by atoms with Gasteiger partial charge in [0.1, 0.15) is 6.67 Å². The van der Waals surface area contributed by atoms with Crippen molar-refractivity contribution >= 4 is 27.5 Å². The maximum Gasteiger partial charge on any atom is 0.107 e. The largest absolute Gasteiger partial charge is 0.249 e. The van der Waals surface area contributed by atoms with Crippen molar-refractivity contribution in [3.63, 3.8) is 0 Å². The Balaban J connectivity index is 3.45. The molecule has 0 fully saturated rings. The molecule has 3 heteroatoms. The molecule has 58 valence electrons. The third-order valence-electron chi connectivity index (χ3n) is 0.792. The van der Waals surface area contributed by atoms with Gasteiger partial charge in [-0.3, -0.25) is 0 Å². The quantitative estimate of drug-likeness (QED) is 0.503. The van der Waals surface area contributed by atoms with Gasteiger partial charge in [-0.1, -0.05) is 21.9 Å². The molecule has 0 aromatic heterocycles. The molecular weight excluding hydrogens is 218 g/mol. The van der Waals surface area contributed by atoms with Crippen molar-refractivity contribution in [1.82, 2.24) is 0 Å². The van der Waals surface area contributed by atoms with Gasteiger partial charge in [0.05, 0.1) is 10.2 Å². The fourth-order valence-corrected chi connectivity index (χ4v) is 0.604. The number of rotatable bonds is 2. The van der Waals surface area contributed by atoms with E-state index < -0.39 is 12.1 Å². The minimum atomic E-state index is -0.507. The highest BCUT2D eigenvalue weighted by Crippen LogP contribution is 2.01.